The first-order chi connectivity index (χ1) is 7.16. The van der Waals surface area contributed by atoms with E-state index >= 15 is 0 Å². The van der Waals surface area contributed by atoms with Crippen LogP contribution in [0.4, 0.5) is 0 Å². The normalized spacial score (nSPS) is 13.0. The van der Waals surface area contributed by atoms with Gasteiger partial charge in [-0.25, -0.2) is 0 Å². The summed E-state index contributed by atoms with van der Waals surface area (Å²) in [5.41, 5.74) is 1.02. The zero-order valence-corrected chi connectivity index (χ0v) is 9.67. The minimum absolute atomic E-state index is 0.457. The molecule has 0 radical (unpaired) electrons. The van der Waals surface area contributed by atoms with Crippen LogP contribution in [0, 0.1) is 13.8 Å². The smallest absolute Gasteiger partial charge is 0.106 e. The van der Waals surface area contributed by atoms with Crippen molar-refractivity contribution in [2.75, 3.05) is 0 Å². The Labute approximate surface area is 93.2 Å². The van der Waals surface area contributed by atoms with Crippen molar-refractivity contribution in [2.45, 2.75) is 26.4 Å². The van der Waals surface area contributed by atoms with Crippen LogP contribution in [-0.2, 0) is 6.42 Å². The van der Waals surface area contributed by atoms with E-state index in [2.05, 4.69) is 6.92 Å². The molecule has 0 aromatic carbocycles. The van der Waals surface area contributed by atoms with E-state index in [1.54, 1.807) is 17.6 Å². The summed E-state index contributed by atoms with van der Waals surface area (Å²) < 4.78 is 5.22. The number of hydrogen-bond donors (Lipinski definition) is 1. The summed E-state index contributed by atoms with van der Waals surface area (Å²) in [6.45, 7) is 4.10. The van der Waals surface area contributed by atoms with Crippen LogP contribution < -0.4 is 0 Å². The molecule has 2 aromatic heterocycles. The minimum atomic E-state index is -0.457. The molecule has 2 nitrogen and oxygen atoms in total. The van der Waals surface area contributed by atoms with Crippen molar-refractivity contribution in [1.82, 2.24) is 0 Å². The van der Waals surface area contributed by atoms with Gasteiger partial charge in [-0.2, -0.15) is 0 Å². The van der Waals surface area contributed by atoms with Crippen molar-refractivity contribution in [3.8, 4) is 0 Å². The lowest BCUT2D eigenvalue weighted by Gasteiger charge is -2.07. The van der Waals surface area contributed by atoms with Crippen molar-refractivity contribution in [2.24, 2.45) is 0 Å². The maximum absolute atomic E-state index is 10.0. The van der Waals surface area contributed by atoms with Crippen LogP contribution in [0.25, 0.3) is 0 Å². The largest absolute Gasteiger partial charge is 0.469 e. The molecule has 0 aliphatic heterocycles. The molecule has 1 N–H and O–H groups in total. The molecule has 0 fully saturated rings. The average molecular weight is 222 g/mol. The van der Waals surface area contributed by atoms with Crippen molar-refractivity contribution >= 4 is 11.3 Å². The lowest BCUT2D eigenvalue weighted by molar-refractivity contribution is 0.170. The van der Waals surface area contributed by atoms with Crippen LogP contribution >= 0.6 is 11.3 Å². The monoisotopic (exact) mass is 222 g/mol. The molecule has 2 heterocycles. The van der Waals surface area contributed by atoms with Gasteiger partial charge in [0.1, 0.15) is 5.76 Å². The van der Waals surface area contributed by atoms with E-state index in [9.17, 15) is 5.11 Å². The van der Waals surface area contributed by atoms with Crippen LogP contribution in [0.15, 0.2) is 28.9 Å². The van der Waals surface area contributed by atoms with Crippen LogP contribution in [0.2, 0.25) is 0 Å². The summed E-state index contributed by atoms with van der Waals surface area (Å²) in [6, 6.07) is 5.78. The van der Waals surface area contributed by atoms with Crippen molar-refractivity contribution < 1.29 is 9.52 Å². The lowest BCUT2D eigenvalue weighted by Crippen LogP contribution is -2.00. The first kappa shape index (κ1) is 10.5. The van der Waals surface area contributed by atoms with Crippen LogP contribution in [0.5, 0.6) is 0 Å². The molecule has 0 bridgehead atoms. The standard InChI is InChI=1S/C12H14O2S/c1-8-6-11(9(2)15-8)12(13)7-10-4-3-5-14-10/h3-6,12-13H,7H2,1-2H3. The van der Waals surface area contributed by atoms with E-state index in [1.807, 2.05) is 25.1 Å². The highest BCUT2D eigenvalue weighted by Crippen LogP contribution is 2.28. The van der Waals surface area contributed by atoms with Gasteiger partial charge in [-0.05, 0) is 37.6 Å². The summed E-state index contributed by atoms with van der Waals surface area (Å²) in [5, 5.41) is 10.0. The van der Waals surface area contributed by atoms with Gasteiger partial charge in [-0.1, -0.05) is 0 Å². The molecule has 2 rings (SSSR count). The number of hydrogen-bond acceptors (Lipinski definition) is 3. The third-order valence-corrected chi connectivity index (χ3v) is 3.39. The first-order valence-corrected chi connectivity index (χ1v) is 5.76. The van der Waals surface area contributed by atoms with Gasteiger partial charge < -0.3 is 9.52 Å². The van der Waals surface area contributed by atoms with Crippen LogP contribution in [-0.4, -0.2) is 5.11 Å². The summed E-state index contributed by atoms with van der Waals surface area (Å²) >= 11 is 1.72. The maximum Gasteiger partial charge on any atom is 0.106 e. The van der Waals surface area contributed by atoms with E-state index in [4.69, 9.17) is 4.42 Å². The van der Waals surface area contributed by atoms with Gasteiger partial charge in [-0.15, -0.1) is 11.3 Å². The Hall–Kier alpha value is -1.06. The molecule has 0 amide bonds. The third kappa shape index (κ3) is 2.30. The minimum Gasteiger partial charge on any atom is -0.469 e. The third-order valence-electron chi connectivity index (χ3n) is 2.41. The topological polar surface area (TPSA) is 33.4 Å². The van der Waals surface area contributed by atoms with Crippen LogP contribution in [0.3, 0.4) is 0 Å². The molecule has 15 heavy (non-hydrogen) atoms. The van der Waals surface area contributed by atoms with E-state index in [0.29, 0.717) is 6.42 Å². The fraction of sp³-hybridized carbons (Fsp3) is 0.333. The first-order valence-electron chi connectivity index (χ1n) is 4.94. The Morgan fingerprint density at radius 2 is 2.27 bits per heavy atom. The Morgan fingerprint density at radius 3 is 2.80 bits per heavy atom. The average Bonchev–Trinajstić information content (AvgIpc) is 2.75. The molecule has 1 atom stereocenters. The predicted molar refractivity (Wildman–Crippen MR) is 61.2 cm³/mol. The van der Waals surface area contributed by atoms with Gasteiger partial charge in [0, 0.05) is 16.2 Å². The quantitative estimate of drug-likeness (QED) is 0.865. The SMILES string of the molecule is Cc1cc(C(O)Cc2ccco2)c(C)s1. The van der Waals surface area contributed by atoms with Gasteiger partial charge in [0.05, 0.1) is 12.4 Å². The van der Waals surface area contributed by atoms with Crippen molar-refractivity contribution in [3.05, 3.63) is 45.5 Å². The Balaban J connectivity index is 2.14. The number of rotatable bonds is 3. The molecule has 0 aliphatic rings. The van der Waals surface area contributed by atoms with E-state index < -0.39 is 6.10 Å². The molecule has 0 spiro atoms. The van der Waals surface area contributed by atoms with Crippen molar-refractivity contribution in [3.63, 3.8) is 0 Å². The molecule has 1 unspecified atom stereocenters. The molecular weight excluding hydrogens is 208 g/mol. The zero-order valence-electron chi connectivity index (χ0n) is 8.86. The molecular formula is C12H14O2S. The molecule has 0 saturated heterocycles. The molecule has 3 heteroatoms. The number of aliphatic hydroxyl groups excluding tert-OH is 1. The predicted octanol–water partition coefficient (Wildman–Crippen LogP) is 3.23. The highest BCUT2D eigenvalue weighted by molar-refractivity contribution is 7.12. The van der Waals surface area contributed by atoms with Crippen LogP contribution in [0.1, 0.15) is 27.2 Å². The summed E-state index contributed by atoms with van der Waals surface area (Å²) in [5.74, 6) is 0.825. The van der Waals surface area contributed by atoms with E-state index in [0.717, 1.165) is 11.3 Å². The fourth-order valence-electron chi connectivity index (χ4n) is 1.71. The highest BCUT2D eigenvalue weighted by atomic mass is 32.1. The second-order valence-corrected chi connectivity index (χ2v) is 5.13. The Morgan fingerprint density at radius 1 is 1.47 bits per heavy atom. The van der Waals surface area contributed by atoms with Gasteiger partial charge in [0.25, 0.3) is 0 Å². The maximum atomic E-state index is 10.0. The lowest BCUT2D eigenvalue weighted by atomic mass is 10.1. The van der Waals surface area contributed by atoms with E-state index in [1.165, 1.54) is 9.75 Å². The Kier molecular flexibility index (Phi) is 2.93. The Bertz CT molecular complexity index is 428. The second-order valence-electron chi connectivity index (χ2n) is 3.67. The summed E-state index contributed by atoms with van der Waals surface area (Å²) in [4.78, 5) is 2.42. The summed E-state index contributed by atoms with van der Waals surface area (Å²) in [6.07, 6.45) is 1.72. The number of aliphatic hydroxyl groups is 1. The van der Waals surface area contributed by atoms with Gasteiger partial charge in [0.2, 0.25) is 0 Å². The fourth-order valence-corrected chi connectivity index (χ4v) is 2.69. The van der Waals surface area contributed by atoms with Crippen molar-refractivity contribution in [1.29, 1.82) is 0 Å². The molecule has 0 aliphatic carbocycles. The number of thiophene rings is 1. The van der Waals surface area contributed by atoms with E-state index in [-0.39, 0.29) is 0 Å². The van der Waals surface area contributed by atoms with Gasteiger partial charge in [-0.3, -0.25) is 0 Å². The number of furan rings is 1. The van der Waals surface area contributed by atoms with Gasteiger partial charge >= 0.3 is 0 Å². The highest BCUT2D eigenvalue weighted by Gasteiger charge is 2.14. The summed E-state index contributed by atoms with van der Waals surface area (Å²) in [7, 11) is 0. The van der Waals surface area contributed by atoms with Gasteiger partial charge in [0.15, 0.2) is 0 Å². The molecule has 0 saturated carbocycles. The number of aryl methyl sites for hydroxylation is 2. The zero-order chi connectivity index (χ0) is 10.8. The molecule has 80 valence electrons. The second kappa shape index (κ2) is 4.21. The molecule has 2 aromatic rings.